The van der Waals surface area contributed by atoms with Crippen molar-refractivity contribution in [2.24, 2.45) is 0 Å². The Kier molecular flexibility index (Phi) is 10.6. The highest BCUT2D eigenvalue weighted by atomic mass is 79.9. The summed E-state index contributed by atoms with van der Waals surface area (Å²) < 4.78 is 27.5. The van der Waals surface area contributed by atoms with Gasteiger partial charge in [-0.05, 0) is 37.1 Å². The third kappa shape index (κ3) is 8.40. The van der Waals surface area contributed by atoms with Crippen LogP contribution in [0.15, 0.2) is 33.6 Å². The highest BCUT2D eigenvalue weighted by Gasteiger charge is 2.28. The van der Waals surface area contributed by atoms with Crippen LogP contribution in [-0.4, -0.2) is 50.7 Å². The summed E-state index contributed by atoms with van der Waals surface area (Å²) in [6.45, 7) is 4.15. The number of halogens is 1. The standard InChI is InChI=1S/C18H28BrN3O4S/c1-3-5-11-20-17(23)13-22(14-18(24)21-12-6-4-2)27(25,26)16-9-7-15(19)8-10-16/h7-10H,3-6,11-14H2,1-2H3,(H,20,23)(H,21,24). The van der Waals surface area contributed by atoms with Gasteiger partial charge in [-0.15, -0.1) is 0 Å². The topological polar surface area (TPSA) is 95.6 Å². The number of unbranched alkanes of at least 4 members (excludes halogenated alkanes) is 2. The molecule has 1 rings (SSSR count). The van der Waals surface area contributed by atoms with Crippen LogP contribution in [0.1, 0.15) is 39.5 Å². The van der Waals surface area contributed by atoms with E-state index >= 15 is 0 Å². The molecule has 0 saturated heterocycles. The molecule has 152 valence electrons. The van der Waals surface area contributed by atoms with Gasteiger partial charge in [0.1, 0.15) is 0 Å². The van der Waals surface area contributed by atoms with E-state index in [0.29, 0.717) is 13.1 Å². The van der Waals surface area contributed by atoms with Crippen LogP contribution < -0.4 is 10.6 Å². The number of hydrogen-bond acceptors (Lipinski definition) is 4. The lowest BCUT2D eigenvalue weighted by molar-refractivity contribution is -0.123. The van der Waals surface area contributed by atoms with E-state index in [1.54, 1.807) is 12.1 Å². The molecule has 1 aromatic carbocycles. The molecule has 0 spiro atoms. The lowest BCUT2D eigenvalue weighted by Gasteiger charge is -2.21. The van der Waals surface area contributed by atoms with Crippen LogP contribution in [0.2, 0.25) is 0 Å². The summed E-state index contributed by atoms with van der Waals surface area (Å²) >= 11 is 3.26. The van der Waals surface area contributed by atoms with Crippen LogP contribution in [0.3, 0.4) is 0 Å². The summed E-state index contributed by atoms with van der Waals surface area (Å²) in [5, 5.41) is 5.38. The smallest absolute Gasteiger partial charge is 0.244 e. The minimum Gasteiger partial charge on any atom is -0.355 e. The van der Waals surface area contributed by atoms with E-state index in [1.165, 1.54) is 12.1 Å². The summed E-state index contributed by atoms with van der Waals surface area (Å²) in [5.74, 6) is -0.851. The molecule has 9 heteroatoms. The quantitative estimate of drug-likeness (QED) is 0.466. The molecule has 0 aliphatic rings. The van der Waals surface area contributed by atoms with Crippen molar-refractivity contribution in [2.45, 2.75) is 44.4 Å². The Hall–Kier alpha value is -1.45. The van der Waals surface area contributed by atoms with Gasteiger partial charge in [0, 0.05) is 17.6 Å². The second-order valence-corrected chi connectivity index (χ2v) is 8.99. The maximum absolute atomic E-state index is 12.9. The molecular weight excluding hydrogens is 434 g/mol. The minimum absolute atomic E-state index is 0.0356. The zero-order valence-electron chi connectivity index (χ0n) is 15.8. The second kappa shape index (κ2) is 12.1. The first-order valence-corrected chi connectivity index (χ1v) is 11.3. The van der Waals surface area contributed by atoms with Crippen molar-refractivity contribution in [1.82, 2.24) is 14.9 Å². The van der Waals surface area contributed by atoms with Crippen molar-refractivity contribution in [1.29, 1.82) is 0 Å². The zero-order valence-corrected chi connectivity index (χ0v) is 18.2. The van der Waals surface area contributed by atoms with E-state index < -0.39 is 34.9 Å². The monoisotopic (exact) mass is 461 g/mol. The summed E-state index contributed by atoms with van der Waals surface area (Å²) in [5.41, 5.74) is 0. The van der Waals surface area contributed by atoms with Gasteiger partial charge < -0.3 is 10.6 Å². The number of sulfonamides is 1. The summed E-state index contributed by atoms with van der Waals surface area (Å²) in [6.07, 6.45) is 3.45. The number of carbonyl (C=O) groups excluding carboxylic acids is 2. The van der Waals surface area contributed by atoms with Gasteiger partial charge in [-0.2, -0.15) is 4.31 Å². The van der Waals surface area contributed by atoms with Gasteiger partial charge in [0.25, 0.3) is 0 Å². The normalized spacial score (nSPS) is 11.4. The molecule has 2 N–H and O–H groups in total. The fraction of sp³-hybridized carbons (Fsp3) is 0.556. The molecule has 0 bridgehead atoms. The van der Waals surface area contributed by atoms with Crippen LogP contribution in [0.25, 0.3) is 0 Å². The van der Waals surface area contributed by atoms with E-state index in [4.69, 9.17) is 0 Å². The van der Waals surface area contributed by atoms with Crippen LogP contribution in [0.4, 0.5) is 0 Å². The molecule has 0 aliphatic heterocycles. The number of benzene rings is 1. The molecule has 2 amide bonds. The van der Waals surface area contributed by atoms with Crippen molar-refractivity contribution < 1.29 is 18.0 Å². The van der Waals surface area contributed by atoms with Crippen molar-refractivity contribution in [3.05, 3.63) is 28.7 Å². The molecule has 0 aliphatic carbocycles. The van der Waals surface area contributed by atoms with Gasteiger partial charge in [0.15, 0.2) is 0 Å². The molecular formula is C18H28BrN3O4S. The van der Waals surface area contributed by atoms with Crippen molar-refractivity contribution in [2.75, 3.05) is 26.2 Å². The molecule has 0 atom stereocenters. The molecule has 0 saturated carbocycles. The second-order valence-electron chi connectivity index (χ2n) is 6.13. The predicted molar refractivity (Wildman–Crippen MR) is 109 cm³/mol. The number of rotatable bonds is 12. The van der Waals surface area contributed by atoms with Crippen LogP contribution in [0, 0.1) is 0 Å². The number of nitrogens with zero attached hydrogens (tertiary/aromatic N) is 1. The fourth-order valence-corrected chi connectivity index (χ4v) is 3.84. The lowest BCUT2D eigenvalue weighted by Crippen LogP contribution is -2.46. The van der Waals surface area contributed by atoms with Gasteiger partial charge >= 0.3 is 0 Å². The predicted octanol–water partition coefficient (Wildman–Crippen LogP) is 2.27. The van der Waals surface area contributed by atoms with Crippen LogP contribution in [0.5, 0.6) is 0 Å². The lowest BCUT2D eigenvalue weighted by atomic mass is 10.3. The number of amides is 2. The highest BCUT2D eigenvalue weighted by Crippen LogP contribution is 2.18. The van der Waals surface area contributed by atoms with Crippen molar-refractivity contribution in [3.63, 3.8) is 0 Å². The van der Waals surface area contributed by atoms with E-state index in [9.17, 15) is 18.0 Å². The Balaban J connectivity index is 2.92. The Labute approximate surface area is 170 Å². The average Bonchev–Trinajstić information content (AvgIpc) is 2.62. The Morgan fingerprint density at radius 3 is 1.78 bits per heavy atom. The molecule has 0 unspecified atom stereocenters. The maximum atomic E-state index is 12.9. The van der Waals surface area contributed by atoms with E-state index in [0.717, 1.165) is 34.5 Å². The number of hydrogen-bond donors (Lipinski definition) is 2. The van der Waals surface area contributed by atoms with Crippen LogP contribution in [-0.2, 0) is 19.6 Å². The van der Waals surface area contributed by atoms with E-state index in [-0.39, 0.29) is 4.90 Å². The average molecular weight is 462 g/mol. The van der Waals surface area contributed by atoms with Crippen molar-refractivity contribution >= 4 is 37.8 Å². The zero-order chi connectivity index (χ0) is 20.3. The van der Waals surface area contributed by atoms with E-state index in [2.05, 4.69) is 26.6 Å². The van der Waals surface area contributed by atoms with Crippen molar-refractivity contribution in [3.8, 4) is 0 Å². The number of nitrogens with one attached hydrogen (secondary N) is 2. The first-order valence-electron chi connectivity index (χ1n) is 9.10. The molecule has 7 nitrogen and oxygen atoms in total. The summed E-state index contributed by atoms with van der Waals surface area (Å²) in [4.78, 5) is 24.3. The summed E-state index contributed by atoms with van der Waals surface area (Å²) in [6, 6.07) is 6.09. The number of carbonyl (C=O) groups is 2. The molecule has 0 fully saturated rings. The molecule has 0 aromatic heterocycles. The van der Waals surface area contributed by atoms with E-state index in [1.807, 2.05) is 13.8 Å². The third-order valence-corrected chi connectivity index (χ3v) is 6.13. The molecule has 1 aromatic rings. The molecule has 0 radical (unpaired) electrons. The minimum atomic E-state index is -3.98. The first kappa shape index (κ1) is 23.6. The fourth-order valence-electron chi connectivity index (χ4n) is 2.22. The Morgan fingerprint density at radius 1 is 0.926 bits per heavy atom. The van der Waals surface area contributed by atoms with Gasteiger partial charge in [-0.25, -0.2) is 8.42 Å². The third-order valence-electron chi connectivity index (χ3n) is 3.80. The van der Waals surface area contributed by atoms with Gasteiger partial charge in [0.2, 0.25) is 21.8 Å². The highest BCUT2D eigenvalue weighted by molar-refractivity contribution is 9.10. The first-order chi connectivity index (χ1) is 12.8. The summed E-state index contributed by atoms with van der Waals surface area (Å²) in [7, 11) is -3.98. The van der Waals surface area contributed by atoms with Gasteiger partial charge in [-0.1, -0.05) is 42.6 Å². The SMILES string of the molecule is CCCCNC(=O)CN(CC(=O)NCCCC)S(=O)(=O)c1ccc(Br)cc1. The Bertz CT molecular complexity index is 684. The molecule has 0 heterocycles. The largest absolute Gasteiger partial charge is 0.355 e. The Morgan fingerprint density at radius 2 is 1.37 bits per heavy atom. The molecule has 27 heavy (non-hydrogen) atoms. The van der Waals surface area contributed by atoms with Crippen LogP contribution >= 0.6 is 15.9 Å². The van der Waals surface area contributed by atoms with Gasteiger partial charge in [-0.3, -0.25) is 9.59 Å². The van der Waals surface area contributed by atoms with Gasteiger partial charge in [0.05, 0.1) is 18.0 Å². The maximum Gasteiger partial charge on any atom is 0.244 e.